The van der Waals surface area contributed by atoms with Crippen molar-refractivity contribution in [2.45, 2.75) is 6.42 Å². The minimum Gasteiger partial charge on any atom is -0.495 e. The Morgan fingerprint density at radius 2 is 1.95 bits per heavy atom. The van der Waals surface area contributed by atoms with Gasteiger partial charge in [-0.25, -0.2) is 4.79 Å². The number of carbonyl (C=O) groups excluding carboxylic acids is 1. The highest BCUT2D eigenvalue weighted by molar-refractivity contribution is 5.90. The average Bonchev–Trinajstić information content (AvgIpc) is 2.49. The van der Waals surface area contributed by atoms with Crippen LogP contribution in [0.25, 0.3) is 0 Å². The van der Waals surface area contributed by atoms with Crippen molar-refractivity contribution in [2.24, 2.45) is 0 Å². The molecule has 0 spiro atoms. The van der Waals surface area contributed by atoms with Crippen LogP contribution >= 0.6 is 0 Å². The monoisotopic (exact) mass is 271 g/mol. The molecule has 0 saturated carbocycles. The molecule has 0 atom stereocenters. The zero-order chi connectivity index (χ0) is 14.2. The molecule has 0 unspecified atom stereocenters. The molecule has 0 saturated heterocycles. The summed E-state index contributed by atoms with van der Waals surface area (Å²) in [6.45, 7) is 0.561. The van der Waals surface area contributed by atoms with Gasteiger partial charge in [-0.3, -0.25) is 4.98 Å². The quantitative estimate of drug-likeness (QED) is 0.878. The van der Waals surface area contributed by atoms with Gasteiger partial charge in [0.2, 0.25) is 0 Å². The number of nitrogens with zero attached hydrogens (tertiary/aromatic N) is 1. The lowest BCUT2D eigenvalue weighted by Crippen LogP contribution is -2.30. The van der Waals surface area contributed by atoms with E-state index in [0.29, 0.717) is 18.0 Å². The van der Waals surface area contributed by atoms with Crippen molar-refractivity contribution >= 4 is 11.7 Å². The number of para-hydroxylation sites is 2. The second kappa shape index (κ2) is 7.13. The first-order chi connectivity index (χ1) is 9.79. The number of hydrogen-bond donors (Lipinski definition) is 2. The van der Waals surface area contributed by atoms with Crippen LogP contribution in [0.4, 0.5) is 10.5 Å². The van der Waals surface area contributed by atoms with E-state index < -0.39 is 0 Å². The molecule has 2 rings (SSSR count). The maximum absolute atomic E-state index is 11.8. The van der Waals surface area contributed by atoms with Gasteiger partial charge in [-0.2, -0.15) is 0 Å². The summed E-state index contributed by atoms with van der Waals surface area (Å²) in [4.78, 5) is 15.7. The molecule has 0 aliphatic heterocycles. The van der Waals surface area contributed by atoms with Crippen molar-refractivity contribution in [3.8, 4) is 5.75 Å². The Labute approximate surface area is 118 Å². The number of amides is 2. The molecule has 1 aromatic carbocycles. The molecule has 0 aliphatic rings. The number of rotatable bonds is 5. The predicted molar refractivity (Wildman–Crippen MR) is 78.0 cm³/mol. The molecule has 2 aromatic rings. The Morgan fingerprint density at radius 1 is 1.20 bits per heavy atom. The first kappa shape index (κ1) is 13.9. The fourth-order valence-corrected chi connectivity index (χ4v) is 1.78. The smallest absolute Gasteiger partial charge is 0.319 e. The van der Waals surface area contributed by atoms with E-state index in [1.54, 1.807) is 31.6 Å². The molecule has 2 N–H and O–H groups in total. The van der Waals surface area contributed by atoms with Crippen LogP contribution in [0.3, 0.4) is 0 Å². The highest BCUT2D eigenvalue weighted by Crippen LogP contribution is 2.22. The maximum atomic E-state index is 11.8. The zero-order valence-corrected chi connectivity index (χ0v) is 11.3. The van der Waals surface area contributed by atoms with Crippen molar-refractivity contribution < 1.29 is 9.53 Å². The highest BCUT2D eigenvalue weighted by atomic mass is 16.5. The second-order valence-electron chi connectivity index (χ2n) is 4.19. The van der Waals surface area contributed by atoms with Gasteiger partial charge in [0.25, 0.3) is 0 Å². The number of ether oxygens (including phenoxy) is 1. The molecular formula is C15H17N3O2. The summed E-state index contributed by atoms with van der Waals surface area (Å²) in [5.74, 6) is 0.636. The molecule has 5 heteroatoms. The molecule has 5 nitrogen and oxygen atoms in total. The first-order valence-corrected chi connectivity index (χ1v) is 6.36. The van der Waals surface area contributed by atoms with E-state index in [9.17, 15) is 4.79 Å². The van der Waals surface area contributed by atoms with E-state index in [2.05, 4.69) is 15.6 Å². The summed E-state index contributed by atoms with van der Waals surface area (Å²) in [6.07, 6.45) is 4.25. The van der Waals surface area contributed by atoms with Gasteiger partial charge in [-0.1, -0.05) is 12.1 Å². The Hall–Kier alpha value is -2.56. The van der Waals surface area contributed by atoms with Crippen molar-refractivity contribution in [3.63, 3.8) is 0 Å². The second-order valence-corrected chi connectivity index (χ2v) is 4.19. The van der Waals surface area contributed by atoms with Gasteiger partial charge in [0, 0.05) is 18.9 Å². The van der Waals surface area contributed by atoms with E-state index in [1.165, 1.54) is 0 Å². The summed E-state index contributed by atoms with van der Waals surface area (Å²) in [5.41, 5.74) is 1.79. The third kappa shape index (κ3) is 3.98. The molecule has 0 bridgehead atoms. The molecule has 0 radical (unpaired) electrons. The summed E-state index contributed by atoms with van der Waals surface area (Å²) in [7, 11) is 1.57. The van der Waals surface area contributed by atoms with Crippen LogP contribution in [0.5, 0.6) is 5.75 Å². The van der Waals surface area contributed by atoms with Crippen molar-refractivity contribution in [1.82, 2.24) is 10.3 Å². The minimum absolute atomic E-state index is 0.247. The third-order valence-corrected chi connectivity index (χ3v) is 2.80. The normalized spacial score (nSPS) is 9.85. The summed E-state index contributed by atoms with van der Waals surface area (Å²) in [6, 6.07) is 10.9. The van der Waals surface area contributed by atoms with Crippen LogP contribution in [0.1, 0.15) is 5.56 Å². The molecule has 104 valence electrons. The zero-order valence-electron chi connectivity index (χ0n) is 11.3. The Morgan fingerprint density at radius 3 is 2.70 bits per heavy atom. The summed E-state index contributed by atoms with van der Waals surface area (Å²) in [5, 5.41) is 5.57. The third-order valence-electron chi connectivity index (χ3n) is 2.80. The Bertz CT molecular complexity index is 558. The van der Waals surface area contributed by atoms with E-state index in [-0.39, 0.29) is 6.03 Å². The number of anilines is 1. The van der Waals surface area contributed by atoms with E-state index in [4.69, 9.17) is 4.74 Å². The van der Waals surface area contributed by atoms with Gasteiger partial charge < -0.3 is 15.4 Å². The summed E-state index contributed by atoms with van der Waals surface area (Å²) >= 11 is 0. The van der Waals surface area contributed by atoms with Gasteiger partial charge in [0.05, 0.1) is 12.8 Å². The standard InChI is InChI=1S/C15H17N3O2/c1-20-14-5-3-2-4-13(14)18-15(19)17-11-8-12-6-9-16-10-7-12/h2-7,9-10H,8,11H2,1H3,(H2,17,18,19). The number of benzene rings is 1. The van der Waals surface area contributed by atoms with Crippen LogP contribution in [0.15, 0.2) is 48.8 Å². The Balaban J connectivity index is 1.81. The van der Waals surface area contributed by atoms with Crippen molar-refractivity contribution in [1.29, 1.82) is 0 Å². The van der Waals surface area contributed by atoms with Crippen molar-refractivity contribution in [3.05, 3.63) is 54.4 Å². The first-order valence-electron chi connectivity index (χ1n) is 6.36. The van der Waals surface area contributed by atoms with Crippen LogP contribution in [0, 0.1) is 0 Å². The summed E-state index contributed by atoms with van der Waals surface area (Å²) < 4.78 is 5.17. The number of hydrogen-bond acceptors (Lipinski definition) is 3. The number of nitrogens with one attached hydrogen (secondary N) is 2. The molecular weight excluding hydrogens is 254 g/mol. The van der Waals surface area contributed by atoms with E-state index in [1.807, 2.05) is 24.3 Å². The lowest BCUT2D eigenvalue weighted by Gasteiger charge is -2.10. The van der Waals surface area contributed by atoms with Gasteiger partial charge in [-0.05, 0) is 36.2 Å². The van der Waals surface area contributed by atoms with Gasteiger partial charge in [-0.15, -0.1) is 0 Å². The SMILES string of the molecule is COc1ccccc1NC(=O)NCCc1ccncc1. The van der Waals surface area contributed by atoms with E-state index >= 15 is 0 Å². The molecule has 20 heavy (non-hydrogen) atoms. The number of aromatic nitrogens is 1. The topological polar surface area (TPSA) is 63.2 Å². The highest BCUT2D eigenvalue weighted by Gasteiger charge is 2.05. The largest absolute Gasteiger partial charge is 0.495 e. The van der Waals surface area contributed by atoms with Gasteiger partial charge in [0.15, 0.2) is 0 Å². The number of urea groups is 1. The molecule has 2 amide bonds. The van der Waals surface area contributed by atoms with Gasteiger partial charge >= 0.3 is 6.03 Å². The van der Waals surface area contributed by atoms with Crippen molar-refractivity contribution in [2.75, 3.05) is 19.0 Å². The van der Waals surface area contributed by atoms with Gasteiger partial charge in [0.1, 0.15) is 5.75 Å². The average molecular weight is 271 g/mol. The fourth-order valence-electron chi connectivity index (χ4n) is 1.78. The van der Waals surface area contributed by atoms with E-state index in [0.717, 1.165) is 12.0 Å². The van der Waals surface area contributed by atoms with Crippen LogP contribution in [-0.4, -0.2) is 24.7 Å². The number of carbonyl (C=O) groups is 1. The lowest BCUT2D eigenvalue weighted by atomic mass is 10.2. The maximum Gasteiger partial charge on any atom is 0.319 e. The minimum atomic E-state index is -0.247. The molecule has 1 aromatic heterocycles. The van der Waals surface area contributed by atoms with Crippen LogP contribution in [0.2, 0.25) is 0 Å². The fraction of sp³-hybridized carbons (Fsp3) is 0.200. The van der Waals surface area contributed by atoms with Crippen LogP contribution in [-0.2, 0) is 6.42 Å². The van der Waals surface area contributed by atoms with Crippen LogP contribution < -0.4 is 15.4 Å². The number of pyridine rings is 1. The lowest BCUT2D eigenvalue weighted by molar-refractivity contribution is 0.252. The predicted octanol–water partition coefficient (Wildman–Crippen LogP) is 2.45. The number of methoxy groups -OCH3 is 1. The molecule has 0 fully saturated rings. The Kier molecular flexibility index (Phi) is 4.94. The molecule has 1 heterocycles. The molecule has 0 aliphatic carbocycles.